The number of aromatic nitrogens is 1. The van der Waals surface area contributed by atoms with Crippen LogP contribution in [0, 0.1) is 11.8 Å². The van der Waals surface area contributed by atoms with Crippen LogP contribution in [0.15, 0.2) is 47.4 Å². The van der Waals surface area contributed by atoms with E-state index in [1.54, 1.807) is 24.3 Å². The molecule has 0 spiro atoms. The van der Waals surface area contributed by atoms with Gasteiger partial charge in [-0.1, -0.05) is 12.0 Å². The lowest BCUT2D eigenvalue weighted by atomic mass is 10.0. The minimum Gasteiger partial charge on any atom is -0.495 e. The third-order valence-electron chi connectivity index (χ3n) is 7.20. The molecule has 9 nitrogen and oxygen atoms in total. The molecule has 234 valence electrons. The van der Waals surface area contributed by atoms with Crippen LogP contribution in [-0.2, 0) is 21.1 Å². The standard InChI is InChI=1S/C30H37F3N4O5S/c1-41-29-20-24(43(2,39)40)8-9-27(29)34-12-4-5-23-19-25-26(6-3-7-28(25)37(23)21-30(31,32)33)35-22-10-13-36(14-11-22)15-17-42-18-16-38/h3,6-9,19-20,22,34-35,38H,10-18,21H2,1-2H3. The highest BCUT2D eigenvalue weighted by Crippen LogP contribution is 2.31. The lowest BCUT2D eigenvalue weighted by Gasteiger charge is -2.32. The summed E-state index contributed by atoms with van der Waals surface area (Å²) in [5, 5.41) is 16.1. The van der Waals surface area contributed by atoms with Gasteiger partial charge in [-0.3, -0.25) is 0 Å². The van der Waals surface area contributed by atoms with E-state index in [2.05, 4.69) is 27.4 Å². The minimum absolute atomic E-state index is 0.00498. The molecule has 0 unspecified atom stereocenters. The van der Waals surface area contributed by atoms with Crippen molar-refractivity contribution in [3.05, 3.63) is 48.2 Å². The second kappa shape index (κ2) is 14.4. The fraction of sp³-hybridized carbons (Fsp3) is 0.467. The van der Waals surface area contributed by atoms with E-state index in [0.717, 1.165) is 44.4 Å². The summed E-state index contributed by atoms with van der Waals surface area (Å²) in [6.45, 7) is 2.35. The Kier molecular flexibility index (Phi) is 10.8. The molecule has 1 aromatic heterocycles. The topological polar surface area (TPSA) is 105 Å². The van der Waals surface area contributed by atoms with Crippen molar-refractivity contribution in [2.45, 2.75) is 36.5 Å². The molecule has 1 fully saturated rings. The van der Waals surface area contributed by atoms with Crippen LogP contribution in [0.3, 0.4) is 0 Å². The van der Waals surface area contributed by atoms with Gasteiger partial charge in [0, 0.05) is 49.1 Å². The molecule has 1 saturated heterocycles. The van der Waals surface area contributed by atoms with E-state index in [1.807, 2.05) is 6.07 Å². The highest BCUT2D eigenvalue weighted by molar-refractivity contribution is 7.90. The Morgan fingerprint density at radius 3 is 2.53 bits per heavy atom. The summed E-state index contributed by atoms with van der Waals surface area (Å²) in [7, 11) is -2.00. The highest BCUT2D eigenvalue weighted by atomic mass is 32.2. The third kappa shape index (κ3) is 9.03. The highest BCUT2D eigenvalue weighted by Gasteiger charge is 2.30. The first kappa shape index (κ1) is 32.5. The maximum atomic E-state index is 13.6. The number of likely N-dealkylation sites (tertiary alicyclic amines) is 1. The van der Waals surface area contributed by atoms with E-state index in [-0.39, 0.29) is 29.8 Å². The van der Waals surface area contributed by atoms with Gasteiger partial charge >= 0.3 is 6.18 Å². The van der Waals surface area contributed by atoms with Crippen molar-refractivity contribution in [1.29, 1.82) is 0 Å². The van der Waals surface area contributed by atoms with Crippen LogP contribution in [0.25, 0.3) is 10.9 Å². The fourth-order valence-electron chi connectivity index (χ4n) is 5.07. The van der Waals surface area contributed by atoms with Gasteiger partial charge in [-0.15, -0.1) is 0 Å². The Balaban J connectivity index is 1.49. The molecule has 2 aromatic carbocycles. The summed E-state index contributed by atoms with van der Waals surface area (Å²) in [6.07, 6.45) is -1.57. The molecule has 43 heavy (non-hydrogen) atoms. The van der Waals surface area contributed by atoms with Crippen molar-refractivity contribution in [3.8, 4) is 17.6 Å². The number of aliphatic hydroxyl groups is 1. The number of alkyl halides is 3. The van der Waals surface area contributed by atoms with E-state index in [0.29, 0.717) is 35.6 Å². The molecule has 0 atom stereocenters. The van der Waals surface area contributed by atoms with Crippen molar-refractivity contribution in [2.24, 2.45) is 0 Å². The summed E-state index contributed by atoms with van der Waals surface area (Å²) in [5.41, 5.74) is 1.95. The van der Waals surface area contributed by atoms with E-state index < -0.39 is 22.6 Å². The van der Waals surface area contributed by atoms with Gasteiger partial charge in [0.1, 0.15) is 12.3 Å². The molecule has 0 aliphatic carbocycles. The number of anilines is 2. The SMILES string of the molecule is COc1cc(S(C)(=O)=O)ccc1NCC#Cc1cc2c(NC3CCN(CCOCCO)CC3)cccc2n1CC(F)(F)F. The number of nitrogens with zero attached hydrogens (tertiary/aromatic N) is 2. The first-order valence-electron chi connectivity index (χ1n) is 14.0. The normalized spacial score (nSPS) is 14.8. The Bertz CT molecular complexity index is 1560. The molecule has 2 heterocycles. The summed E-state index contributed by atoms with van der Waals surface area (Å²) in [4.78, 5) is 2.41. The number of benzene rings is 2. The van der Waals surface area contributed by atoms with Crippen LogP contribution in [0.2, 0.25) is 0 Å². The number of rotatable bonds is 12. The largest absolute Gasteiger partial charge is 0.495 e. The zero-order valence-electron chi connectivity index (χ0n) is 24.2. The van der Waals surface area contributed by atoms with E-state index in [1.165, 1.54) is 23.8 Å². The van der Waals surface area contributed by atoms with Crippen molar-refractivity contribution in [1.82, 2.24) is 9.47 Å². The number of sulfone groups is 1. The Labute approximate surface area is 249 Å². The number of halogens is 3. The summed E-state index contributed by atoms with van der Waals surface area (Å²) >= 11 is 0. The predicted molar refractivity (Wildman–Crippen MR) is 160 cm³/mol. The van der Waals surface area contributed by atoms with Crippen molar-refractivity contribution >= 4 is 32.1 Å². The van der Waals surface area contributed by atoms with Gasteiger partial charge in [-0.25, -0.2) is 8.42 Å². The molecule has 0 radical (unpaired) electrons. The maximum Gasteiger partial charge on any atom is 0.406 e. The zero-order chi connectivity index (χ0) is 31.0. The van der Waals surface area contributed by atoms with Crippen LogP contribution in [0.4, 0.5) is 24.5 Å². The van der Waals surface area contributed by atoms with Gasteiger partial charge in [0.25, 0.3) is 0 Å². The van der Waals surface area contributed by atoms with Crippen molar-refractivity contribution in [2.75, 3.05) is 70.0 Å². The number of nitrogens with one attached hydrogen (secondary N) is 2. The Hall–Kier alpha value is -3.44. The van der Waals surface area contributed by atoms with Crippen LogP contribution < -0.4 is 15.4 Å². The van der Waals surface area contributed by atoms with Crippen LogP contribution >= 0.6 is 0 Å². The monoisotopic (exact) mass is 622 g/mol. The van der Waals surface area contributed by atoms with E-state index in [4.69, 9.17) is 14.6 Å². The second-order valence-electron chi connectivity index (χ2n) is 10.4. The second-order valence-corrected chi connectivity index (χ2v) is 12.4. The summed E-state index contributed by atoms with van der Waals surface area (Å²) < 4.78 is 76.3. The van der Waals surface area contributed by atoms with Gasteiger partial charge in [0.05, 0.1) is 55.3 Å². The number of hydrogen-bond donors (Lipinski definition) is 3. The molecule has 1 aliphatic heterocycles. The van der Waals surface area contributed by atoms with E-state index in [9.17, 15) is 21.6 Å². The van der Waals surface area contributed by atoms with Crippen LogP contribution in [0.1, 0.15) is 18.5 Å². The molecular weight excluding hydrogens is 585 g/mol. The molecule has 13 heteroatoms. The molecule has 3 N–H and O–H groups in total. The predicted octanol–water partition coefficient (Wildman–Crippen LogP) is 3.96. The van der Waals surface area contributed by atoms with Gasteiger partial charge in [0.2, 0.25) is 0 Å². The van der Waals surface area contributed by atoms with Gasteiger partial charge < -0.3 is 34.7 Å². The number of ether oxygens (including phenoxy) is 2. The summed E-state index contributed by atoms with van der Waals surface area (Å²) in [5.74, 6) is 6.09. The van der Waals surface area contributed by atoms with E-state index >= 15 is 0 Å². The Morgan fingerprint density at radius 2 is 1.86 bits per heavy atom. The zero-order valence-corrected chi connectivity index (χ0v) is 25.0. The average Bonchev–Trinajstić information content (AvgIpc) is 3.30. The van der Waals surface area contributed by atoms with Crippen molar-refractivity contribution < 1.29 is 36.2 Å². The molecule has 4 rings (SSSR count). The quantitative estimate of drug-likeness (QED) is 0.206. The number of piperidine rings is 1. The molecule has 0 amide bonds. The fourth-order valence-corrected chi connectivity index (χ4v) is 5.70. The molecular formula is C30H37F3N4O5S. The lowest BCUT2D eigenvalue weighted by molar-refractivity contribution is -0.140. The minimum atomic E-state index is -4.44. The number of methoxy groups -OCH3 is 1. The molecule has 0 bridgehead atoms. The molecule has 3 aromatic rings. The van der Waals surface area contributed by atoms with Crippen LogP contribution in [-0.4, -0.2) is 94.6 Å². The van der Waals surface area contributed by atoms with Gasteiger partial charge in [-0.2, -0.15) is 13.2 Å². The van der Waals surface area contributed by atoms with Crippen LogP contribution in [0.5, 0.6) is 5.75 Å². The van der Waals surface area contributed by atoms with Crippen molar-refractivity contribution in [3.63, 3.8) is 0 Å². The molecule has 1 aliphatic rings. The number of hydrogen-bond acceptors (Lipinski definition) is 8. The van der Waals surface area contributed by atoms with Gasteiger partial charge in [0.15, 0.2) is 9.84 Å². The average molecular weight is 623 g/mol. The lowest BCUT2D eigenvalue weighted by Crippen LogP contribution is -2.40. The number of aliphatic hydroxyl groups excluding tert-OH is 1. The first-order valence-corrected chi connectivity index (χ1v) is 15.8. The first-order chi connectivity index (χ1) is 20.5. The third-order valence-corrected chi connectivity index (χ3v) is 8.31. The molecule has 0 saturated carbocycles. The van der Waals surface area contributed by atoms with Gasteiger partial charge in [-0.05, 0) is 49.1 Å². The Morgan fingerprint density at radius 1 is 1.09 bits per heavy atom. The smallest absolute Gasteiger partial charge is 0.406 e. The number of fused-ring (bicyclic) bond motifs is 1. The maximum absolute atomic E-state index is 13.6. The summed E-state index contributed by atoms with van der Waals surface area (Å²) in [6, 6.07) is 11.6.